The van der Waals surface area contributed by atoms with Crippen LogP contribution in [0.15, 0.2) is 18.2 Å². The summed E-state index contributed by atoms with van der Waals surface area (Å²) >= 11 is 0. The summed E-state index contributed by atoms with van der Waals surface area (Å²) in [6.45, 7) is 4.83. The van der Waals surface area contributed by atoms with Gasteiger partial charge in [0.15, 0.2) is 5.75 Å². The van der Waals surface area contributed by atoms with Crippen molar-refractivity contribution in [1.82, 2.24) is 5.32 Å². The fourth-order valence-electron chi connectivity index (χ4n) is 1.66. The molecule has 0 saturated heterocycles. The van der Waals surface area contributed by atoms with Crippen LogP contribution in [0.4, 0.5) is 5.69 Å². The number of methoxy groups -OCH3 is 1. The van der Waals surface area contributed by atoms with Gasteiger partial charge in [-0.2, -0.15) is 0 Å². The summed E-state index contributed by atoms with van der Waals surface area (Å²) in [6, 6.07) is 4.98. The molecule has 0 amide bonds. The smallest absolute Gasteiger partial charge is 0.311 e. The van der Waals surface area contributed by atoms with Gasteiger partial charge in [0.05, 0.1) is 12.0 Å². The van der Waals surface area contributed by atoms with Crippen LogP contribution in [0.2, 0.25) is 0 Å². The Morgan fingerprint density at radius 2 is 2.21 bits per heavy atom. The van der Waals surface area contributed by atoms with Crippen molar-refractivity contribution < 1.29 is 14.4 Å². The van der Waals surface area contributed by atoms with E-state index in [4.69, 9.17) is 9.47 Å². The first kappa shape index (κ1) is 15.4. The van der Waals surface area contributed by atoms with Crippen molar-refractivity contribution >= 4 is 5.69 Å². The SMILES string of the molecule is CCOCCCNCc1ccc(OC)c([N+](=O)[O-])c1. The van der Waals surface area contributed by atoms with E-state index in [2.05, 4.69) is 5.32 Å². The zero-order valence-corrected chi connectivity index (χ0v) is 11.3. The highest BCUT2D eigenvalue weighted by Gasteiger charge is 2.14. The van der Waals surface area contributed by atoms with E-state index >= 15 is 0 Å². The highest BCUT2D eigenvalue weighted by molar-refractivity contribution is 5.48. The summed E-state index contributed by atoms with van der Waals surface area (Å²) < 4.78 is 10.2. The van der Waals surface area contributed by atoms with E-state index < -0.39 is 4.92 Å². The summed E-state index contributed by atoms with van der Waals surface area (Å²) in [5, 5.41) is 14.1. The van der Waals surface area contributed by atoms with Crippen molar-refractivity contribution in [2.24, 2.45) is 0 Å². The first-order valence-electron chi connectivity index (χ1n) is 6.28. The molecule has 0 fully saturated rings. The number of nitro groups is 1. The Balaban J connectivity index is 2.46. The van der Waals surface area contributed by atoms with Crippen LogP contribution < -0.4 is 10.1 Å². The van der Waals surface area contributed by atoms with E-state index in [0.717, 1.165) is 31.7 Å². The third-order valence-corrected chi connectivity index (χ3v) is 2.62. The molecule has 106 valence electrons. The van der Waals surface area contributed by atoms with Crippen LogP contribution in [-0.4, -0.2) is 31.8 Å². The molecule has 1 rings (SSSR count). The van der Waals surface area contributed by atoms with Crippen LogP contribution in [-0.2, 0) is 11.3 Å². The van der Waals surface area contributed by atoms with Crippen molar-refractivity contribution in [1.29, 1.82) is 0 Å². The molecule has 0 radical (unpaired) electrons. The Hall–Kier alpha value is -1.66. The van der Waals surface area contributed by atoms with Crippen LogP contribution in [0.25, 0.3) is 0 Å². The summed E-state index contributed by atoms with van der Waals surface area (Å²) in [7, 11) is 1.42. The van der Waals surface area contributed by atoms with Crippen molar-refractivity contribution in [3.63, 3.8) is 0 Å². The van der Waals surface area contributed by atoms with E-state index in [1.807, 2.05) is 13.0 Å². The van der Waals surface area contributed by atoms with Gasteiger partial charge in [-0.05, 0) is 31.5 Å². The number of hydrogen-bond acceptors (Lipinski definition) is 5. The highest BCUT2D eigenvalue weighted by atomic mass is 16.6. The minimum absolute atomic E-state index is 0.00360. The van der Waals surface area contributed by atoms with E-state index in [9.17, 15) is 10.1 Å². The first-order chi connectivity index (χ1) is 9.19. The van der Waals surface area contributed by atoms with Gasteiger partial charge in [0, 0.05) is 25.8 Å². The van der Waals surface area contributed by atoms with Gasteiger partial charge in [-0.1, -0.05) is 6.07 Å². The fourth-order valence-corrected chi connectivity index (χ4v) is 1.66. The predicted molar refractivity (Wildman–Crippen MR) is 72.5 cm³/mol. The van der Waals surface area contributed by atoms with Crippen molar-refractivity contribution in [2.75, 3.05) is 26.9 Å². The van der Waals surface area contributed by atoms with Crippen LogP contribution in [0.3, 0.4) is 0 Å². The predicted octanol–water partition coefficient (Wildman–Crippen LogP) is 2.12. The monoisotopic (exact) mass is 268 g/mol. The second-order valence-electron chi connectivity index (χ2n) is 3.99. The lowest BCUT2D eigenvalue weighted by atomic mass is 10.2. The first-order valence-corrected chi connectivity index (χ1v) is 6.28. The molecule has 0 aliphatic heterocycles. The van der Waals surface area contributed by atoms with E-state index in [0.29, 0.717) is 6.54 Å². The van der Waals surface area contributed by atoms with Gasteiger partial charge in [0.1, 0.15) is 0 Å². The molecular formula is C13H20N2O4. The third kappa shape index (κ3) is 5.23. The molecular weight excluding hydrogens is 248 g/mol. The summed E-state index contributed by atoms with van der Waals surface area (Å²) in [6.07, 6.45) is 0.923. The maximum atomic E-state index is 10.9. The maximum Gasteiger partial charge on any atom is 0.311 e. The molecule has 6 heteroatoms. The molecule has 0 unspecified atom stereocenters. The quantitative estimate of drug-likeness (QED) is 0.422. The summed E-state index contributed by atoms with van der Waals surface area (Å²) in [5.74, 6) is 0.282. The van der Waals surface area contributed by atoms with Gasteiger partial charge in [-0.15, -0.1) is 0 Å². The van der Waals surface area contributed by atoms with Crippen LogP contribution in [0, 0.1) is 10.1 Å². The lowest BCUT2D eigenvalue weighted by molar-refractivity contribution is -0.385. The molecule has 6 nitrogen and oxygen atoms in total. The van der Waals surface area contributed by atoms with E-state index in [-0.39, 0.29) is 11.4 Å². The lowest BCUT2D eigenvalue weighted by Gasteiger charge is -2.07. The van der Waals surface area contributed by atoms with Crippen molar-refractivity contribution in [2.45, 2.75) is 19.9 Å². The topological polar surface area (TPSA) is 73.6 Å². The molecule has 0 bridgehead atoms. The normalized spacial score (nSPS) is 10.4. The molecule has 0 aliphatic carbocycles. The second kappa shape index (κ2) is 8.44. The number of benzene rings is 1. The standard InChI is InChI=1S/C13H20N2O4/c1-3-19-8-4-7-14-10-11-5-6-13(18-2)12(9-11)15(16)17/h5-6,9,14H,3-4,7-8,10H2,1-2H3. The zero-order chi connectivity index (χ0) is 14.1. The maximum absolute atomic E-state index is 10.9. The van der Waals surface area contributed by atoms with E-state index in [1.165, 1.54) is 13.2 Å². The molecule has 1 aromatic rings. The highest BCUT2D eigenvalue weighted by Crippen LogP contribution is 2.27. The molecule has 0 heterocycles. The minimum atomic E-state index is -0.433. The minimum Gasteiger partial charge on any atom is -0.490 e. The number of hydrogen-bond donors (Lipinski definition) is 1. The van der Waals surface area contributed by atoms with Crippen LogP contribution in [0.5, 0.6) is 5.75 Å². The Morgan fingerprint density at radius 1 is 1.42 bits per heavy atom. The van der Waals surface area contributed by atoms with Crippen LogP contribution >= 0.6 is 0 Å². The third-order valence-electron chi connectivity index (χ3n) is 2.62. The van der Waals surface area contributed by atoms with Gasteiger partial charge in [0.25, 0.3) is 0 Å². The molecule has 1 N–H and O–H groups in total. The molecule has 19 heavy (non-hydrogen) atoms. The van der Waals surface area contributed by atoms with Crippen molar-refractivity contribution in [3.8, 4) is 5.75 Å². The molecule has 1 aromatic carbocycles. The second-order valence-corrected chi connectivity index (χ2v) is 3.99. The number of nitrogens with zero attached hydrogens (tertiary/aromatic N) is 1. The average Bonchev–Trinajstić information content (AvgIpc) is 2.42. The summed E-state index contributed by atoms with van der Waals surface area (Å²) in [5.41, 5.74) is 0.861. The Labute approximate surface area is 112 Å². The molecule has 0 spiro atoms. The number of nitro benzene ring substituents is 1. The number of nitrogens with one attached hydrogen (secondary N) is 1. The van der Waals surface area contributed by atoms with Gasteiger partial charge in [-0.25, -0.2) is 0 Å². The Bertz CT molecular complexity index is 410. The zero-order valence-electron chi connectivity index (χ0n) is 11.3. The number of rotatable bonds is 9. The molecule has 0 aromatic heterocycles. The van der Waals surface area contributed by atoms with Crippen LogP contribution in [0.1, 0.15) is 18.9 Å². The molecule has 0 atom stereocenters. The average molecular weight is 268 g/mol. The molecule has 0 aliphatic rings. The summed E-state index contributed by atoms with van der Waals surface area (Å²) in [4.78, 5) is 10.4. The Kier molecular flexibility index (Phi) is 6.84. The van der Waals surface area contributed by atoms with Crippen molar-refractivity contribution in [3.05, 3.63) is 33.9 Å². The number of ether oxygens (including phenoxy) is 2. The van der Waals surface area contributed by atoms with Gasteiger partial charge < -0.3 is 14.8 Å². The molecule has 0 saturated carbocycles. The van der Waals surface area contributed by atoms with Gasteiger partial charge in [-0.3, -0.25) is 10.1 Å². The van der Waals surface area contributed by atoms with Gasteiger partial charge in [0.2, 0.25) is 0 Å². The van der Waals surface area contributed by atoms with Gasteiger partial charge >= 0.3 is 5.69 Å². The van der Waals surface area contributed by atoms with E-state index in [1.54, 1.807) is 6.07 Å². The fraction of sp³-hybridized carbons (Fsp3) is 0.538. The lowest BCUT2D eigenvalue weighted by Crippen LogP contribution is -2.16. The Morgan fingerprint density at radius 3 is 2.84 bits per heavy atom. The largest absolute Gasteiger partial charge is 0.490 e.